The number of morpholine rings is 1. The van der Waals surface area contributed by atoms with Gasteiger partial charge in [0.1, 0.15) is 6.04 Å². The number of nitrogens with zero attached hydrogens (tertiary/aromatic N) is 3. The lowest BCUT2D eigenvalue weighted by atomic mass is 10.1. The van der Waals surface area contributed by atoms with Gasteiger partial charge in [0.05, 0.1) is 18.9 Å². The molecular formula is C14H19N3O2. The number of rotatable bonds is 2. The van der Waals surface area contributed by atoms with Crippen molar-refractivity contribution in [3.05, 3.63) is 17.8 Å². The van der Waals surface area contributed by atoms with Crippen molar-refractivity contribution in [1.82, 2.24) is 4.98 Å². The maximum absolute atomic E-state index is 12.5. The van der Waals surface area contributed by atoms with E-state index in [2.05, 4.69) is 22.9 Å². The quantitative estimate of drug-likeness (QED) is 0.803. The molecule has 5 heteroatoms. The molecule has 1 atom stereocenters. The first kappa shape index (κ1) is 12.4. The van der Waals surface area contributed by atoms with Crippen LogP contribution in [-0.4, -0.2) is 43.2 Å². The van der Waals surface area contributed by atoms with Gasteiger partial charge < -0.3 is 9.64 Å². The zero-order valence-electron chi connectivity index (χ0n) is 11.4. The average molecular weight is 261 g/mol. The van der Waals surface area contributed by atoms with Gasteiger partial charge in [-0.05, 0) is 25.0 Å². The number of aromatic nitrogens is 1. The maximum atomic E-state index is 12.5. The van der Waals surface area contributed by atoms with Gasteiger partial charge in [-0.2, -0.15) is 0 Å². The predicted molar refractivity (Wildman–Crippen MR) is 73.6 cm³/mol. The van der Waals surface area contributed by atoms with Crippen LogP contribution in [-0.2, 0) is 16.0 Å². The smallest absolute Gasteiger partial charge is 0.253 e. The number of fused-ring (bicyclic) bond motifs is 3. The number of carbonyl (C=O) groups excluding carboxylic acids is 1. The number of ether oxygens (including phenoxy) is 1. The van der Waals surface area contributed by atoms with Gasteiger partial charge in [-0.1, -0.05) is 6.92 Å². The Bertz CT molecular complexity index is 503. The number of hydrogen-bond donors (Lipinski definition) is 0. The Morgan fingerprint density at radius 3 is 3.05 bits per heavy atom. The summed E-state index contributed by atoms with van der Waals surface area (Å²) in [6, 6.07) is 1.98. The molecule has 0 bridgehead atoms. The minimum absolute atomic E-state index is 0.103. The topological polar surface area (TPSA) is 45.7 Å². The van der Waals surface area contributed by atoms with E-state index in [9.17, 15) is 4.79 Å². The molecule has 0 radical (unpaired) electrons. The van der Waals surface area contributed by atoms with Crippen LogP contribution in [0.15, 0.2) is 12.3 Å². The normalized spacial score (nSPS) is 22.2. The first-order valence-electron chi connectivity index (χ1n) is 6.91. The summed E-state index contributed by atoms with van der Waals surface area (Å²) in [7, 11) is 0. The molecule has 0 spiro atoms. The summed E-state index contributed by atoms with van der Waals surface area (Å²) in [6.45, 7) is 6.66. The number of amides is 1. The molecule has 1 aromatic heterocycles. The van der Waals surface area contributed by atoms with Crippen LogP contribution in [0.25, 0.3) is 0 Å². The van der Waals surface area contributed by atoms with Crippen molar-refractivity contribution < 1.29 is 9.53 Å². The van der Waals surface area contributed by atoms with Crippen molar-refractivity contribution in [2.24, 2.45) is 0 Å². The summed E-state index contributed by atoms with van der Waals surface area (Å²) in [5.41, 5.74) is 2.28. The molecule has 2 aliphatic rings. The first-order valence-corrected chi connectivity index (χ1v) is 6.91. The lowest BCUT2D eigenvalue weighted by molar-refractivity contribution is -0.122. The molecule has 1 fully saturated rings. The monoisotopic (exact) mass is 261 g/mol. The summed E-state index contributed by atoms with van der Waals surface area (Å²) in [6.07, 6.45) is 2.82. The van der Waals surface area contributed by atoms with Gasteiger partial charge in [-0.25, -0.2) is 4.98 Å². The molecular weight excluding hydrogens is 242 g/mol. The maximum Gasteiger partial charge on any atom is 0.253 e. The fourth-order valence-electron chi connectivity index (χ4n) is 2.79. The number of hydrogen-bond acceptors (Lipinski definition) is 4. The van der Waals surface area contributed by atoms with E-state index in [-0.39, 0.29) is 11.9 Å². The largest absolute Gasteiger partial charge is 0.377 e. The van der Waals surface area contributed by atoms with Crippen LogP contribution in [0.4, 0.5) is 11.5 Å². The Balaban J connectivity index is 2.10. The van der Waals surface area contributed by atoms with E-state index < -0.39 is 0 Å². The zero-order valence-corrected chi connectivity index (χ0v) is 11.4. The number of anilines is 2. The molecule has 0 N–H and O–H groups in total. The van der Waals surface area contributed by atoms with Gasteiger partial charge in [0.15, 0.2) is 5.82 Å². The molecule has 1 amide bonds. The van der Waals surface area contributed by atoms with Gasteiger partial charge in [0, 0.05) is 19.3 Å². The van der Waals surface area contributed by atoms with Crippen LogP contribution < -0.4 is 9.80 Å². The Labute approximate surface area is 113 Å². The summed E-state index contributed by atoms with van der Waals surface area (Å²) >= 11 is 0. The van der Waals surface area contributed by atoms with Crippen LogP contribution in [0.5, 0.6) is 0 Å². The Kier molecular flexibility index (Phi) is 3.14. The van der Waals surface area contributed by atoms with Crippen molar-refractivity contribution in [2.75, 3.05) is 36.1 Å². The fourth-order valence-corrected chi connectivity index (χ4v) is 2.79. The van der Waals surface area contributed by atoms with Crippen LogP contribution in [0.2, 0.25) is 0 Å². The number of aryl methyl sites for hydroxylation is 1. The standard InChI is InChI=1S/C14H19N3O2/c1-3-10-7-11-13(15-8-10)16(4-2)14(18)12-9-19-6-5-17(11)12/h7-8,12H,3-6,9H2,1-2H3. The van der Waals surface area contributed by atoms with Crippen LogP contribution in [0.3, 0.4) is 0 Å². The van der Waals surface area contributed by atoms with Crippen LogP contribution in [0.1, 0.15) is 19.4 Å². The summed E-state index contributed by atoms with van der Waals surface area (Å²) in [4.78, 5) is 20.9. The summed E-state index contributed by atoms with van der Waals surface area (Å²) < 4.78 is 5.46. The van der Waals surface area contributed by atoms with E-state index in [4.69, 9.17) is 4.74 Å². The zero-order chi connectivity index (χ0) is 13.4. The third-order valence-electron chi connectivity index (χ3n) is 3.87. The van der Waals surface area contributed by atoms with Crippen LogP contribution >= 0.6 is 0 Å². The molecule has 0 saturated carbocycles. The van der Waals surface area contributed by atoms with E-state index >= 15 is 0 Å². The minimum Gasteiger partial charge on any atom is -0.377 e. The van der Waals surface area contributed by atoms with E-state index in [1.807, 2.05) is 13.1 Å². The van der Waals surface area contributed by atoms with E-state index in [0.717, 1.165) is 24.5 Å². The average Bonchev–Trinajstić information content (AvgIpc) is 2.47. The number of pyridine rings is 1. The second-order valence-electron chi connectivity index (χ2n) is 4.91. The van der Waals surface area contributed by atoms with Gasteiger partial charge >= 0.3 is 0 Å². The molecule has 1 unspecified atom stereocenters. The molecule has 1 saturated heterocycles. The Morgan fingerprint density at radius 2 is 2.32 bits per heavy atom. The van der Waals surface area contributed by atoms with E-state index in [1.54, 1.807) is 4.90 Å². The van der Waals surface area contributed by atoms with Gasteiger partial charge in [0.2, 0.25) is 0 Å². The fraction of sp³-hybridized carbons (Fsp3) is 0.571. The molecule has 1 aromatic rings. The lowest BCUT2D eigenvalue weighted by Gasteiger charge is -2.44. The molecule has 102 valence electrons. The predicted octanol–water partition coefficient (Wildman–Crippen LogP) is 1.22. The van der Waals surface area contributed by atoms with Gasteiger partial charge in [-0.15, -0.1) is 0 Å². The van der Waals surface area contributed by atoms with Crippen molar-refractivity contribution in [1.29, 1.82) is 0 Å². The first-order chi connectivity index (χ1) is 9.26. The molecule has 19 heavy (non-hydrogen) atoms. The van der Waals surface area contributed by atoms with Crippen molar-refractivity contribution >= 4 is 17.4 Å². The van der Waals surface area contributed by atoms with E-state index in [1.165, 1.54) is 5.56 Å². The van der Waals surface area contributed by atoms with Gasteiger partial charge in [-0.3, -0.25) is 9.69 Å². The highest BCUT2D eigenvalue weighted by atomic mass is 16.5. The number of carbonyl (C=O) groups is 1. The summed E-state index contributed by atoms with van der Waals surface area (Å²) in [5, 5.41) is 0. The third-order valence-corrected chi connectivity index (χ3v) is 3.87. The van der Waals surface area contributed by atoms with Crippen molar-refractivity contribution in [2.45, 2.75) is 26.3 Å². The minimum atomic E-state index is -0.185. The van der Waals surface area contributed by atoms with Crippen LogP contribution in [0, 0.1) is 0 Å². The second kappa shape index (κ2) is 4.81. The SMILES string of the molecule is CCc1cnc2c(c1)N1CCOCC1C(=O)N2CC. The molecule has 2 aliphatic heterocycles. The lowest BCUT2D eigenvalue weighted by Crippen LogP contribution is -2.59. The second-order valence-corrected chi connectivity index (χ2v) is 4.91. The van der Waals surface area contributed by atoms with Crippen molar-refractivity contribution in [3.63, 3.8) is 0 Å². The summed E-state index contributed by atoms with van der Waals surface area (Å²) in [5.74, 6) is 0.897. The van der Waals surface area contributed by atoms with E-state index in [0.29, 0.717) is 19.8 Å². The highest BCUT2D eigenvalue weighted by molar-refractivity contribution is 6.04. The highest BCUT2D eigenvalue weighted by Gasteiger charge is 2.40. The van der Waals surface area contributed by atoms with Gasteiger partial charge in [0.25, 0.3) is 5.91 Å². The third kappa shape index (κ3) is 1.89. The highest BCUT2D eigenvalue weighted by Crippen LogP contribution is 2.35. The molecule has 0 aliphatic carbocycles. The molecule has 5 nitrogen and oxygen atoms in total. The molecule has 3 rings (SSSR count). The Morgan fingerprint density at radius 1 is 1.47 bits per heavy atom. The Hall–Kier alpha value is -1.62. The molecule has 3 heterocycles. The van der Waals surface area contributed by atoms with Crippen molar-refractivity contribution in [3.8, 4) is 0 Å². The molecule has 0 aromatic carbocycles. The number of likely N-dealkylation sites (N-methyl/N-ethyl adjacent to an activating group) is 1.